The second kappa shape index (κ2) is 6.67. The average molecular weight is 318 g/mol. The molecular weight excluding hydrogens is 296 g/mol. The summed E-state index contributed by atoms with van der Waals surface area (Å²) >= 11 is 1.85. The summed E-state index contributed by atoms with van der Waals surface area (Å²) in [5.74, 6) is 1.13. The molecule has 118 valence electrons. The van der Waals surface area contributed by atoms with Gasteiger partial charge in [-0.25, -0.2) is 0 Å². The van der Waals surface area contributed by atoms with Crippen LogP contribution < -0.4 is 5.32 Å². The van der Waals surface area contributed by atoms with Gasteiger partial charge in [0.1, 0.15) is 5.76 Å². The lowest BCUT2D eigenvalue weighted by Crippen LogP contribution is -2.44. The first-order valence-electron chi connectivity index (χ1n) is 7.83. The van der Waals surface area contributed by atoms with Gasteiger partial charge in [-0.15, -0.1) is 11.3 Å². The molecule has 0 unspecified atom stereocenters. The number of carbonyl (C=O) groups is 1. The fourth-order valence-electron chi connectivity index (χ4n) is 2.79. The lowest BCUT2D eigenvalue weighted by Gasteiger charge is -2.32. The molecule has 2 aromatic heterocycles. The van der Waals surface area contributed by atoms with E-state index in [0.29, 0.717) is 18.3 Å². The van der Waals surface area contributed by atoms with Crippen LogP contribution in [0.5, 0.6) is 0 Å². The molecule has 1 aliphatic rings. The van der Waals surface area contributed by atoms with Crippen LogP contribution in [0.4, 0.5) is 0 Å². The third kappa shape index (κ3) is 3.25. The van der Waals surface area contributed by atoms with E-state index in [1.807, 2.05) is 24.3 Å². The molecule has 2 aromatic rings. The van der Waals surface area contributed by atoms with Crippen LogP contribution in [0.25, 0.3) is 0 Å². The van der Waals surface area contributed by atoms with Crippen LogP contribution in [0.3, 0.4) is 0 Å². The number of rotatable bonds is 5. The largest absolute Gasteiger partial charge is 0.456 e. The summed E-state index contributed by atoms with van der Waals surface area (Å²) in [7, 11) is 0. The van der Waals surface area contributed by atoms with Crippen LogP contribution in [0, 0.1) is 0 Å². The molecule has 0 saturated carbocycles. The lowest BCUT2D eigenvalue weighted by molar-refractivity contribution is 0.0903. The maximum absolute atomic E-state index is 12.1. The molecule has 1 aliphatic heterocycles. The van der Waals surface area contributed by atoms with Gasteiger partial charge in [0, 0.05) is 37.0 Å². The number of carbonyl (C=O) groups excluding carboxylic acids is 1. The molecular formula is C17H22N2O2S. The molecule has 1 amide bonds. The maximum Gasteiger partial charge on any atom is 0.287 e. The number of hydrogen-bond acceptors (Lipinski definition) is 4. The molecule has 0 aromatic carbocycles. The van der Waals surface area contributed by atoms with Crippen molar-refractivity contribution in [2.45, 2.75) is 39.3 Å². The fourth-order valence-corrected chi connectivity index (χ4v) is 3.68. The Hall–Kier alpha value is -1.59. The van der Waals surface area contributed by atoms with Crippen LogP contribution in [-0.2, 0) is 19.4 Å². The predicted molar refractivity (Wildman–Crippen MR) is 88.3 cm³/mol. The number of fused-ring (bicyclic) bond motifs is 1. The second-order valence-electron chi connectivity index (χ2n) is 5.77. The van der Waals surface area contributed by atoms with E-state index in [1.54, 1.807) is 6.07 Å². The topological polar surface area (TPSA) is 45.5 Å². The van der Waals surface area contributed by atoms with Crippen molar-refractivity contribution in [1.82, 2.24) is 10.2 Å². The smallest absolute Gasteiger partial charge is 0.287 e. The highest BCUT2D eigenvalue weighted by atomic mass is 32.1. The molecule has 0 spiro atoms. The van der Waals surface area contributed by atoms with E-state index in [1.165, 1.54) is 10.4 Å². The molecule has 5 heteroatoms. The van der Waals surface area contributed by atoms with Gasteiger partial charge >= 0.3 is 0 Å². The molecule has 0 saturated heterocycles. The maximum atomic E-state index is 12.1. The van der Waals surface area contributed by atoms with Gasteiger partial charge in [0.25, 0.3) is 5.91 Å². The number of thiophene rings is 1. The van der Waals surface area contributed by atoms with Crippen molar-refractivity contribution in [3.05, 3.63) is 45.5 Å². The first-order valence-corrected chi connectivity index (χ1v) is 8.71. The van der Waals surface area contributed by atoms with Crippen molar-refractivity contribution >= 4 is 17.2 Å². The van der Waals surface area contributed by atoms with E-state index in [0.717, 1.165) is 31.7 Å². The highest BCUT2D eigenvalue weighted by molar-refractivity contribution is 7.10. The first kappa shape index (κ1) is 15.3. The molecule has 1 atom stereocenters. The number of nitrogens with one attached hydrogen (secondary N) is 1. The Morgan fingerprint density at radius 2 is 2.32 bits per heavy atom. The van der Waals surface area contributed by atoms with Gasteiger partial charge in [-0.2, -0.15) is 0 Å². The van der Waals surface area contributed by atoms with Crippen molar-refractivity contribution in [3.8, 4) is 0 Å². The van der Waals surface area contributed by atoms with Crippen molar-refractivity contribution < 1.29 is 9.21 Å². The first-order chi connectivity index (χ1) is 10.7. The molecule has 0 fully saturated rings. The number of nitrogens with zero attached hydrogens (tertiary/aromatic N) is 1. The normalized spacial score (nSPS) is 16.3. The van der Waals surface area contributed by atoms with E-state index in [9.17, 15) is 4.79 Å². The van der Waals surface area contributed by atoms with Crippen molar-refractivity contribution in [2.75, 3.05) is 13.1 Å². The summed E-state index contributed by atoms with van der Waals surface area (Å²) < 4.78 is 5.48. The highest BCUT2D eigenvalue weighted by Gasteiger charge is 2.22. The van der Waals surface area contributed by atoms with Crippen LogP contribution in [0.15, 0.2) is 28.0 Å². The third-order valence-electron chi connectivity index (χ3n) is 4.25. The van der Waals surface area contributed by atoms with Gasteiger partial charge < -0.3 is 9.73 Å². The Balaban J connectivity index is 1.52. The summed E-state index contributed by atoms with van der Waals surface area (Å²) in [5.41, 5.74) is 1.44. The summed E-state index contributed by atoms with van der Waals surface area (Å²) in [4.78, 5) is 16.0. The zero-order chi connectivity index (χ0) is 15.5. The Labute approximate surface area is 135 Å². The molecule has 3 rings (SSSR count). The fraction of sp³-hybridized carbons (Fsp3) is 0.471. The van der Waals surface area contributed by atoms with Crippen LogP contribution in [-0.4, -0.2) is 29.9 Å². The number of aryl methyl sites for hydroxylation is 1. The van der Waals surface area contributed by atoms with Gasteiger partial charge in [0.05, 0.1) is 0 Å². The van der Waals surface area contributed by atoms with Crippen molar-refractivity contribution in [3.63, 3.8) is 0 Å². The van der Waals surface area contributed by atoms with E-state index < -0.39 is 0 Å². The SMILES string of the molecule is CCc1ccc(C(=O)NC[C@H](C)N2CCc3sccc3C2)o1. The number of furan rings is 1. The highest BCUT2D eigenvalue weighted by Crippen LogP contribution is 2.25. The van der Waals surface area contributed by atoms with Gasteiger partial charge in [-0.1, -0.05) is 6.92 Å². The third-order valence-corrected chi connectivity index (χ3v) is 5.28. The lowest BCUT2D eigenvalue weighted by atomic mass is 10.1. The average Bonchev–Trinajstić information content (AvgIpc) is 3.19. The van der Waals surface area contributed by atoms with Gasteiger partial charge in [-0.3, -0.25) is 9.69 Å². The van der Waals surface area contributed by atoms with E-state index in [4.69, 9.17) is 4.42 Å². The number of hydrogen-bond donors (Lipinski definition) is 1. The molecule has 22 heavy (non-hydrogen) atoms. The van der Waals surface area contributed by atoms with Gasteiger partial charge in [0.2, 0.25) is 0 Å². The summed E-state index contributed by atoms with van der Waals surface area (Å²) in [5, 5.41) is 5.15. The van der Waals surface area contributed by atoms with Gasteiger partial charge in [-0.05, 0) is 42.5 Å². The molecule has 0 aliphatic carbocycles. The van der Waals surface area contributed by atoms with Crippen molar-refractivity contribution in [1.29, 1.82) is 0 Å². The Kier molecular flexibility index (Phi) is 4.64. The van der Waals surface area contributed by atoms with Crippen LogP contribution >= 0.6 is 11.3 Å². The zero-order valence-electron chi connectivity index (χ0n) is 13.1. The van der Waals surface area contributed by atoms with E-state index >= 15 is 0 Å². The zero-order valence-corrected chi connectivity index (χ0v) is 13.9. The van der Waals surface area contributed by atoms with Gasteiger partial charge in [0.15, 0.2) is 5.76 Å². The van der Waals surface area contributed by atoms with E-state index in [-0.39, 0.29) is 5.91 Å². The molecule has 3 heterocycles. The Bertz CT molecular complexity index is 647. The van der Waals surface area contributed by atoms with Crippen LogP contribution in [0.1, 0.15) is 40.6 Å². The predicted octanol–water partition coefficient (Wildman–Crippen LogP) is 3.08. The molecule has 0 radical (unpaired) electrons. The minimum absolute atomic E-state index is 0.125. The Morgan fingerprint density at radius 1 is 1.45 bits per heavy atom. The standard InChI is InChI=1S/C17H22N2O2S/c1-3-14-4-5-15(21-14)17(20)18-10-12(2)19-8-6-16-13(11-19)7-9-22-16/h4-5,7,9,12H,3,6,8,10-11H2,1-2H3,(H,18,20)/t12-/m0/s1. The Morgan fingerprint density at radius 3 is 3.09 bits per heavy atom. The summed E-state index contributed by atoms with van der Waals surface area (Å²) in [6.45, 7) is 6.86. The minimum atomic E-state index is -0.125. The summed E-state index contributed by atoms with van der Waals surface area (Å²) in [6.07, 6.45) is 1.92. The quantitative estimate of drug-likeness (QED) is 0.921. The summed E-state index contributed by atoms with van der Waals surface area (Å²) in [6, 6.07) is 6.14. The molecule has 0 bridgehead atoms. The molecule has 4 nitrogen and oxygen atoms in total. The number of amides is 1. The van der Waals surface area contributed by atoms with Crippen LogP contribution in [0.2, 0.25) is 0 Å². The van der Waals surface area contributed by atoms with Crippen molar-refractivity contribution in [2.24, 2.45) is 0 Å². The monoisotopic (exact) mass is 318 g/mol. The molecule has 1 N–H and O–H groups in total. The van der Waals surface area contributed by atoms with E-state index in [2.05, 4.69) is 28.6 Å². The second-order valence-corrected chi connectivity index (χ2v) is 6.77. The minimum Gasteiger partial charge on any atom is -0.456 e.